The van der Waals surface area contributed by atoms with Crippen LogP contribution in [0.2, 0.25) is 0 Å². The molecule has 176 valence electrons. The molecule has 1 aliphatic carbocycles. The molecular formula is C28H24FN3O3. The summed E-state index contributed by atoms with van der Waals surface area (Å²) in [5.41, 5.74) is 3.48. The highest BCUT2D eigenvalue weighted by molar-refractivity contribution is 6.10. The third-order valence-corrected chi connectivity index (χ3v) is 6.12. The van der Waals surface area contributed by atoms with Crippen LogP contribution in [0.5, 0.6) is 5.75 Å². The largest absolute Gasteiger partial charge is 0.483 e. The van der Waals surface area contributed by atoms with Gasteiger partial charge in [0.25, 0.3) is 5.91 Å². The van der Waals surface area contributed by atoms with Crippen molar-refractivity contribution in [2.75, 3.05) is 6.61 Å². The second-order valence-electron chi connectivity index (χ2n) is 8.48. The zero-order valence-corrected chi connectivity index (χ0v) is 19.0. The summed E-state index contributed by atoms with van der Waals surface area (Å²) in [5, 5.41) is 7.26. The second kappa shape index (κ2) is 9.93. The van der Waals surface area contributed by atoms with Gasteiger partial charge in [0.2, 0.25) is 0 Å². The van der Waals surface area contributed by atoms with Gasteiger partial charge in [-0.15, -0.1) is 0 Å². The van der Waals surface area contributed by atoms with E-state index < -0.39 is 11.6 Å². The molecular weight excluding hydrogens is 445 g/mol. The van der Waals surface area contributed by atoms with Crippen molar-refractivity contribution in [3.8, 4) is 11.4 Å². The molecule has 0 saturated heterocycles. The number of carbonyl (C=O) groups is 2. The molecule has 1 atom stereocenters. The smallest absolute Gasteiger partial charge is 0.258 e. The summed E-state index contributed by atoms with van der Waals surface area (Å²) in [6.07, 6.45) is 5.86. The van der Waals surface area contributed by atoms with Gasteiger partial charge in [0.05, 0.1) is 29.1 Å². The lowest BCUT2D eigenvalue weighted by Crippen LogP contribution is -2.34. The summed E-state index contributed by atoms with van der Waals surface area (Å²) in [6, 6.07) is 21.1. The number of aryl methyl sites for hydroxylation is 1. The quantitative estimate of drug-likeness (QED) is 0.394. The Bertz CT molecular complexity index is 1370. The van der Waals surface area contributed by atoms with Gasteiger partial charge < -0.3 is 10.1 Å². The van der Waals surface area contributed by atoms with Crippen molar-refractivity contribution in [1.29, 1.82) is 0 Å². The van der Waals surface area contributed by atoms with E-state index in [1.54, 1.807) is 10.9 Å². The Morgan fingerprint density at radius 1 is 1.06 bits per heavy atom. The molecule has 4 aromatic rings. The van der Waals surface area contributed by atoms with Crippen LogP contribution in [-0.4, -0.2) is 28.1 Å². The van der Waals surface area contributed by atoms with Gasteiger partial charge in [-0.1, -0.05) is 42.5 Å². The minimum atomic E-state index is -0.570. The zero-order valence-electron chi connectivity index (χ0n) is 19.0. The number of hydrogen-bond donors (Lipinski definition) is 1. The lowest BCUT2D eigenvalue weighted by Gasteiger charge is -2.26. The predicted molar refractivity (Wildman–Crippen MR) is 129 cm³/mol. The summed E-state index contributed by atoms with van der Waals surface area (Å²) < 4.78 is 21.3. The van der Waals surface area contributed by atoms with Crippen molar-refractivity contribution >= 4 is 11.7 Å². The predicted octanol–water partition coefficient (Wildman–Crippen LogP) is 4.82. The van der Waals surface area contributed by atoms with Crippen LogP contribution in [0.1, 0.15) is 45.9 Å². The van der Waals surface area contributed by atoms with E-state index in [0.29, 0.717) is 0 Å². The highest BCUT2D eigenvalue weighted by atomic mass is 19.1. The van der Waals surface area contributed by atoms with E-state index in [0.717, 1.165) is 36.6 Å². The lowest BCUT2D eigenvalue weighted by atomic mass is 9.88. The molecule has 0 aliphatic heterocycles. The van der Waals surface area contributed by atoms with Crippen LogP contribution >= 0.6 is 0 Å². The number of nitrogens with one attached hydrogen (secondary N) is 1. The molecule has 0 fully saturated rings. The van der Waals surface area contributed by atoms with Gasteiger partial charge in [0, 0.05) is 6.20 Å². The molecule has 35 heavy (non-hydrogen) atoms. The summed E-state index contributed by atoms with van der Waals surface area (Å²) in [6.45, 7) is -0.284. The SMILES string of the molecule is O=C(COc1ccc(F)cc1C(=O)c1cnn(-c2ccccc2)c1)NC1CCCc2ccccc21. The maximum Gasteiger partial charge on any atom is 0.258 e. The van der Waals surface area contributed by atoms with Crippen molar-refractivity contribution in [1.82, 2.24) is 15.1 Å². The standard InChI is InChI=1S/C28H24FN3O3/c29-21-13-14-26(35-18-27(33)31-25-12-6-8-19-7-4-5-11-23(19)25)24(15-21)28(34)20-16-30-32(17-20)22-9-2-1-3-10-22/h1-5,7,9-11,13-17,25H,6,8,12,18H2,(H,31,33). The summed E-state index contributed by atoms with van der Waals surface area (Å²) >= 11 is 0. The molecule has 0 bridgehead atoms. The van der Waals surface area contributed by atoms with Crippen molar-refractivity contribution in [3.05, 3.63) is 113 Å². The number of para-hydroxylation sites is 1. The maximum absolute atomic E-state index is 14.0. The van der Waals surface area contributed by atoms with Crippen molar-refractivity contribution in [3.63, 3.8) is 0 Å². The molecule has 1 aliphatic rings. The molecule has 6 nitrogen and oxygen atoms in total. The third-order valence-electron chi connectivity index (χ3n) is 6.12. The average Bonchev–Trinajstić information content (AvgIpc) is 3.39. The lowest BCUT2D eigenvalue weighted by molar-refractivity contribution is -0.124. The van der Waals surface area contributed by atoms with Gasteiger partial charge >= 0.3 is 0 Å². The van der Waals surface area contributed by atoms with Crippen LogP contribution in [0, 0.1) is 5.82 Å². The van der Waals surface area contributed by atoms with Crippen molar-refractivity contribution in [2.45, 2.75) is 25.3 Å². The molecule has 1 aromatic heterocycles. The monoisotopic (exact) mass is 469 g/mol. The number of aromatic nitrogens is 2. The maximum atomic E-state index is 14.0. The van der Waals surface area contributed by atoms with Crippen molar-refractivity contribution in [2.24, 2.45) is 0 Å². The molecule has 0 spiro atoms. The topological polar surface area (TPSA) is 73.2 Å². The van der Waals surface area contributed by atoms with E-state index in [-0.39, 0.29) is 35.4 Å². The van der Waals surface area contributed by atoms with E-state index in [1.165, 1.54) is 23.9 Å². The number of carbonyl (C=O) groups excluding carboxylic acids is 2. The zero-order chi connectivity index (χ0) is 24.2. The molecule has 1 heterocycles. The first-order valence-electron chi connectivity index (χ1n) is 11.5. The minimum Gasteiger partial charge on any atom is -0.483 e. The number of ketones is 1. The molecule has 1 unspecified atom stereocenters. The molecule has 0 radical (unpaired) electrons. The molecule has 0 saturated carbocycles. The molecule has 1 amide bonds. The van der Waals surface area contributed by atoms with Crippen LogP contribution in [-0.2, 0) is 11.2 Å². The van der Waals surface area contributed by atoms with Gasteiger partial charge in [-0.05, 0) is 60.7 Å². The summed E-state index contributed by atoms with van der Waals surface area (Å²) in [7, 11) is 0. The number of rotatable bonds is 7. The number of nitrogens with zero attached hydrogens (tertiary/aromatic N) is 2. The van der Waals surface area contributed by atoms with Gasteiger partial charge in [-0.2, -0.15) is 5.10 Å². The van der Waals surface area contributed by atoms with Crippen LogP contribution in [0.3, 0.4) is 0 Å². The Balaban J connectivity index is 1.29. The van der Waals surface area contributed by atoms with E-state index in [1.807, 2.05) is 48.5 Å². The normalized spacial score (nSPS) is 14.7. The Morgan fingerprint density at radius 3 is 2.71 bits per heavy atom. The number of fused-ring (bicyclic) bond motifs is 1. The van der Waals surface area contributed by atoms with E-state index in [4.69, 9.17) is 4.74 Å². The van der Waals surface area contributed by atoms with E-state index in [9.17, 15) is 14.0 Å². The van der Waals surface area contributed by atoms with Gasteiger partial charge in [-0.25, -0.2) is 9.07 Å². The molecule has 5 rings (SSSR count). The Morgan fingerprint density at radius 2 is 1.86 bits per heavy atom. The van der Waals surface area contributed by atoms with Crippen LogP contribution in [0.25, 0.3) is 5.69 Å². The molecule has 3 aromatic carbocycles. The van der Waals surface area contributed by atoms with E-state index in [2.05, 4.69) is 16.5 Å². The van der Waals surface area contributed by atoms with E-state index >= 15 is 0 Å². The highest BCUT2D eigenvalue weighted by Gasteiger charge is 2.23. The van der Waals surface area contributed by atoms with Gasteiger partial charge in [0.15, 0.2) is 12.4 Å². The third kappa shape index (κ3) is 4.99. The summed E-state index contributed by atoms with van der Waals surface area (Å²) in [4.78, 5) is 25.8. The first-order chi connectivity index (χ1) is 17.1. The number of halogens is 1. The first kappa shape index (κ1) is 22.5. The first-order valence-corrected chi connectivity index (χ1v) is 11.5. The fourth-order valence-corrected chi connectivity index (χ4v) is 4.41. The fraction of sp³-hybridized carbons (Fsp3) is 0.179. The second-order valence-corrected chi connectivity index (χ2v) is 8.48. The highest BCUT2D eigenvalue weighted by Crippen LogP contribution is 2.29. The average molecular weight is 470 g/mol. The number of hydrogen-bond acceptors (Lipinski definition) is 4. The fourth-order valence-electron chi connectivity index (χ4n) is 4.41. The Kier molecular flexibility index (Phi) is 6.39. The minimum absolute atomic E-state index is 0.0356. The van der Waals surface area contributed by atoms with Gasteiger partial charge in [0.1, 0.15) is 11.6 Å². The van der Waals surface area contributed by atoms with Crippen LogP contribution in [0.15, 0.2) is 85.2 Å². The molecule has 7 heteroatoms. The molecule has 1 N–H and O–H groups in total. The number of ether oxygens (including phenoxy) is 1. The van der Waals surface area contributed by atoms with Crippen LogP contribution < -0.4 is 10.1 Å². The Hall–Kier alpha value is -4.26. The number of amides is 1. The number of benzene rings is 3. The van der Waals surface area contributed by atoms with Gasteiger partial charge in [-0.3, -0.25) is 9.59 Å². The van der Waals surface area contributed by atoms with Crippen LogP contribution in [0.4, 0.5) is 4.39 Å². The summed E-state index contributed by atoms with van der Waals surface area (Å²) in [5.74, 6) is -1.17. The Labute approximate surface area is 202 Å². The van der Waals surface area contributed by atoms with Crippen molar-refractivity contribution < 1.29 is 18.7 Å².